The standard InChI is InChI=1S/C12H19NOS/c1-9-5-6-12(7-10(9)2)15(14)8-11(3)13-4/h5-7,11,13H,8H2,1-4H3. The molecule has 2 nitrogen and oxygen atoms in total. The van der Waals surface area contributed by atoms with Crippen molar-refractivity contribution in [1.82, 2.24) is 5.32 Å². The third-order valence-corrected chi connectivity index (χ3v) is 4.22. The molecule has 0 aliphatic carbocycles. The van der Waals surface area contributed by atoms with E-state index in [0.29, 0.717) is 5.75 Å². The van der Waals surface area contributed by atoms with Gasteiger partial charge in [-0.25, -0.2) is 0 Å². The molecule has 0 bridgehead atoms. The summed E-state index contributed by atoms with van der Waals surface area (Å²) in [5.41, 5.74) is 2.45. The first-order valence-electron chi connectivity index (χ1n) is 5.17. The van der Waals surface area contributed by atoms with Gasteiger partial charge in [-0.15, -0.1) is 0 Å². The molecule has 0 spiro atoms. The summed E-state index contributed by atoms with van der Waals surface area (Å²) < 4.78 is 11.9. The largest absolute Gasteiger partial charge is 0.316 e. The Kier molecular flexibility index (Phi) is 4.48. The van der Waals surface area contributed by atoms with E-state index >= 15 is 0 Å². The van der Waals surface area contributed by atoms with E-state index in [1.165, 1.54) is 11.1 Å². The molecular weight excluding hydrogens is 206 g/mol. The highest BCUT2D eigenvalue weighted by molar-refractivity contribution is 7.85. The molecule has 0 saturated carbocycles. The van der Waals surface area contributed by atoms with Crippen molar-refractivity contribution in [2.24, 2.45) is 0 Å². The summed E-state index contributed by atoms with van der Waals surface area (Å²) in [4.78, 5) is 0.931. The van der Waals surface area contributed by atoms with Crippen LogP contribution in [0.4, 0.5) is 0 Å². The van der Waals surface area contributed by atoms with E-state index in [1.807, 2.05) is 32.2 Å². The predicted molar refractivity (Wildman–Crippen MR) is 65.7 cm³/mol. The van der Waals surface area contributed by atoms with Crippen LogP contribution < -0.4 is 5.32 Å². The summed E-state index contributed by atoms with van der Waals surface area (Å²) in [7, 11) is 0.997. The average Bonchev–Trinajstić information content (AvgIpc) is 2.21. The molecule has 0 aromatic heterocycles. The van der Waals surface area contributed by atoms with Gasteiger partial charge in [-0.05, 0) is 51.1 Å². The lowest BCUT2D eigenvalue weighted by Gasteiger charge is -2.10. The molecule has 0 saturated heterocycles. The monoisotopic (exact) mass is 225 g/mol. The molecule has 0 radical (unpaired) electrons. The maximum Gasteiger partial charge on any atom is 0.0545 e. The van der Waals surface area contributed by atoms with E-state index in [-0.39, 0.29) is 6.04 Å². The Morgan fingerprint density at radius 3 is 2.53 bits per heavy atom. The Balaban J connectivity index is 2.78. The number of rotatable bonds is 4. The second kappa shape index (κ2) is 5.42. The van der Waals surface area contributed by atoms with Crippen molar-refractivity contribution in [2.75, 3.05) is 12.8 Å². The van der Waals surface area contributed by atoms with Crippen LogP contribution in [0.25, 0.3) is 0 Å². The molecule has 84 valence electrons. The van der Waals surface area contributed by atoms with E-state index in [4.69, 9.17) is 0 Å². The van der Waals surface area contributed by atoms with Crippen LogP contribution in [0.5, 0.6) is 0 Å². The fourth-order valence-corrected chi connectivity index (χ4v) is 2.60. The Bertz CT molecular complexity index is 363. The van der Waals surface area contributed by atoms with Crippen molar-refractivity contribution in [2.45, 2.75) is 31.7 Å². The van der Waals surface area contributed by atoms with Crippen molar-refractivity contribution in [3.8, 4) is 0 Å². The van der Waals surface area contributed by atoms with Gasteiger partial charge in [0.2, 0.25) is 0 Å². The van der Waals surface area contributed by atoms with Gasteiger partial charge in [-0.3, -0.25) is 4.21 Å². The lowest BCUT2D eigenvalue weighted by atomic mass is 10.1. The smallest absolute Gasteiger partial charge is 0.0545 e. The zero-order valence-electron chi connectivity index (χ0n) is 9.83. The molecule has 15 heavy (non-hydrogen) atoms. The molecule has 0 fully saturated rings. The average molecular weight is 225 g/mol. The van der Waals surface area contributed by atoms with Gasteiger partial charge in [-0.1, -0.05) is 6.07 Å². The zero-order chi connectivity index (χ0) is 11.4. The highest BCUT2D eigenvalue weighted by atomic mass is 32.2. The van der Waals surface area contributed by atoms with Crippen molar-refractivity contribution in [3.63, 3.8) is 0 Å². The van der Waals surface area contributed by atoms with E-state index in [0.717, 1.165) is 4.90 Å². The number of benzene rings is 1. The van der Waals surface area contributed by atoms with Crippen molar-refractivity contribution >= 4 is 10.8 Å². The minimum Gasteiger partial charge on any atom is -0.316 e. The van der Waals surface area contributed by atoms with E-state index < -0.39 is 10.8 Å². The summed E-state index contributed by atoms with van der Waals surface area (Å²) >= 11 is 0. The molecule has 1 rings (SSSR count). The third-order valence-electron chi connectivity index (χ3n) is 2.64. The molecule has 2 unspecified atom stereocenters. The van der Waals surface area contributed by atoms with Crippen LogP contribution in [0.3, 0.4) is 0 Å². The van der Waals surface area contributed by atoms with Crippen molar-refractivity contribution in [1.29, 1.82) is 0 Å². The molecule has 2 atom stereocenters. The SMILES string of the molecule is CNC(C)CS(=O)c1ccc(C)c(C)c1. The first kappa shape index (κ1) is 12.4. The van der Waals surface area contributed by atoms with Crippen molar-refractivity contribution in [3.05, 3.63) is 29.3 Å². The Labute approximate surface area is 94.5 Å². The molecular formula is C12H19NOS. The van der Waals surface area contributed by atoms with Crippen molar-refractivity contribution < 1.29 is 4.21 Å². The first-order chi connectivity index (χ1) is 7.04. The fraction of sp³-hybridized carbons (Fsp3) is 0.500. The van der Waals surface area contributed by atoms with Crippen LogP contribution in [-0.2, 0) is 10.8 Å². The molecule has 1 aromatic rings. The van der Waals surface area contributed by atoms with Crippen LogP contribution in [0, 0.1) is 13.8 Å². The highest BCUT2D eigenvalue weighted by Gasteiger charge is 2.08. The lowest BCUT2D eigenvalue weighted by Crippen LogP contribution is -2.27. The van der Waals surface area contributed by atoms with Gasteiger partial charge in [0.15, 0.2) is 0 Å². The number of hydrogen-bond acceptors (Lipinski definition) is 2. The van der Waals surface area contributed by atoms with Gasteiger partial charge < -0.3 is 5.32 Å². The minimum atomic E-state index is -0.894. The summed E-state index contributed by atoms with van der Waals surface area (Å²) in [6, 6.07) is 6.30. The minimum absolute atomic E-state index is 0.285. The third kappa shape index (κ3) is 3.43. The summed E-state index contributed by atoms with van der Waals surface area (Å²) in [6.07, 6.45) is 0. The van der Waals surface area contributed by atoms with Crippen LogP contribution in [0.1, 0.15) is 18.1 Å². The molecule has 1 N–H and O–H groups in total. The zero-order valence-corrected chi connectivity index (χ0v) is 10.6. The second-order valence-electron chi connectivity index (χ2n) is 3.95. The fourth-order valence-electron chi connectivity index (χ4n) is 1.26. The molecule has 0 amide bonds. The van der Waals surface area contributed by atoms with Crippen LogP contribution in [-0.4, -0.2) is 23.1 Å². The maximum absolute atomic E-state index is 11.9. The van der Waals surface area contributed by atoms with Crippen LogP contribution in [0.2, 0.25) is 0 Å². The molecule has 1 aromatic carbocycles. The molecule has 0 heterocycles. The van der Waals surface area contributed by atoms with Gasteiger partial charge in [-0.2, -0.15) is 0 Å². The highest BCUT2D eigenvalue weighted by Crippen LogP contribution is 2.13. The van der Waals surface area contributed by atoms with E-state index in [9.17, 15) is 4.21 Å². The summed E-state index contributed by atoms with van der Waals surface area (Å²) in [5.74, 6) is 0.666. The number of hydrogen-bond donors (Lipinski definition) is 1. The predicted octanol–water partition coefficient (Wildman–Crippen LogP) is 2.02. The number of nitrogens with one attached hydrogen (secondary N) is 1. The van der Waals surface area contributed by atoms with E-state index in [2.05, 4.69) is 19.2 Å². The quantitative estimate of drug-likeness (QED) is 0.849. The summed E-state index contributed by atoms with van der Waals surface area (Å²) in [6.45, 7) is 6.16. The normalized spacial score (nSPS) is 14.9. The van der Waals surface area contributed by atoms with Gasteiger partial charge in [0.1, 0.15) is 0 Å². The molecule has 0 aliphatic rings. The summed E-state index contributed by atoms with van der Waals surface area (Å²) in [5, 5.41) is 3.10. The Hall–Kier alpha value is -0.670. The maximum atomic E-state index is 11.9. The van der Waals surface area contributed by atoms with Gasteiger partial charge in [0.25, 0.3) is 0 Å². The van der Waals surface area contributed by atoms with Gasteiger partial charge >= 0.3 is 0 Å². The van der Waals surface area contributed by atoms with Gasteiger partial charge in [0.05, 0.1) is 10.8 Å². The first-order valence-corrected chi connectivity index (χ1v) is 6.49. The number of aryl methyl sites for hydroxylation is 2. The van der Waals surface area contributed by atoms with Crippen LogP contribution >= 0.6 is 0 Å². The lowest BCUT2D eigenvalue weighted by molar-refractivity contribution is 0.646. The topological polar surface area (TPSA) is 29.1 Å². The molecule has 3 heteroatoms. The molecule has 0 aliphatic heterocycles. The second-order valence-corrected chi connectivity index (χ2v) is 5.44. The van der Waals surface area contributed by atoms with Crippen LogP contribution in [0.15, 0.2) is 23.1 Å². The Morgan fingerprint density at radius 1 is 1.33 bits per heavy atom. The Morgan fingerprint density at radius 2 is 2.00 bits per heavy atom. The van der Waals surface area contributed by atoms with E-state index in [1.54, 1.807) is 0 Å². The van der Waals surface area contributed by atoms with Gasteiger partial charge in [0, 0.05) is 16.7 Å².